The smallest absolute Gasteiger partial charge is 0.342 e. The van der Waals surface area contributed by atoms with Crippen molar-refractivity contribution in [2.24, 2.45) is 0 Å². The second kappa shape index (κ2) is 9.76. The zero-order valence-electron chi connectivity index (χ0n) is 17.0. The van der Waals surface area contributed by atoms with Gasteiger partial charge in [-0.3, -0.25) is 0 Å². The van der Waals surface area contributed by atoms with Crippen LogP contribution in [-0.4, -0.2) is 34.4 Å². The number of nitrogens with zero attached hydrogens (tertiary/aromatic N) is 2. The van der Waals surface area contributed by atoms with Crippen LogP contribution in [0.5, 0.6) is 0 Å². The van der Waals surface area contributed by atoms with Crippen molar-refractivity contribution in [2.75, 3.05) is 7.11 Å². The van der Waals surface area contributed by atoms with Crippen molar-refractivity contribution < 1.29 is 28.3 Å². The molecule has 0 aliphatic heterocycles. The summed E-state index contributed by atoms with van der Waals surface area (Å²) in [7, 11) is 1.31. The SMILES string of the molecule is COC(=O)c1ccc(-c2ccc(/C=C(\Sc3nnc(-c4ccc(Cl)cc4)o3)C(=O)O)o2)cc1. The van der Waals surface area contributed by atoms with Crippen molar-refractivity contribution in [3.05, 3.63) is 81.9 Å². The minimum atomic E-state index is -1.17. The first-order chi connectivity index (χ1) is 15.9. The van der Waals surface area contributed by atoms with Gasteiger partial charge in [-0.15, -0.1) is 10.2 Å². The normalized spacial score (nSPS) is 11.4. The lowest BCUT2D eigenvalue weighted by Crippen LogP contribution is -2.00. The Bertz CT molecular complexity index is 1330. The largest absolute Gasteiger partial charge is 0.477 e. The zero-order chi connectivity index (χ0) is 23.4. The molecule has 8 nitrogen and oxygen atoms in total. The molecule has 0 amide bonds. The van der Waals surface area contributed by atoms with Crippen LogP contribution < -0.4 is 0 Å². The molecule has 0 fully saturated rings. The van der Waals surface area contributed by atoms with E-state index in [1.165, 1.54) is 13.2 Å². The summed E-state index contributed by atoms with van der Waals surface area (Å²) in [5.41, 5.74) is 1.79. The number of hydrogen-bond acceptors (Lipinski definition) is 8. The molecule has 2 aromatic heterocycles. The Morgan fingerprint density at radius 2 is 1.67 bits per heavy atom. The van der Waals surface area contributed by atoms with E-state index in [-0.39, 0.29) is 16.0 Å². The molecular formula is C23H15ClN2O6S. The summed E-state index contributed by atoms with van der Waals surface area (Å²) in [5.74, 6) is -0.534. The fourth-order valence-electron chi connectivity index (χ4n) is 2.79. The summed E-state index contributed by atoms with van der Waals surface area (Å²) in [6, 6.07) is 16.8. The summed E-state index contributed by atoms with van der Waals surface area (Å²) in [6.07, 6.45) is 1.37. The highest BCUT2D eigenvalue weighted by Gasteiger charge is 2.17. The predicted octanol–water partition coefficient (Wildman–Crippen LogP) is 5.65. The first kappa shape index (κ1) is 22.4. The molecule has 2 heterocycles. The average molecular weight is 483 g/mol. The molecular weight excluding hydrogens is 468 g/mol. The number of aromatic nitrogens is 2. The number of aliphatic carboxylic acids is 1. The summed E-state index contributed by atoms with van der Waals surface area (Å²) in [5, 5.41) is 18.1. The number of halogens is 1. The van der Waals surface area contributed by atoms with Crippen LogP contribution in [0.2, 0.25) is 5.02 Å². The van der Waals surface area contributed by atoms with Gasteiger partial charge in [0.25, 0.3) is 5.22 Å². The third-order valence-electron chi connectivity index (χ3n) is 4.40. The quantitative estimate of drug-likeness (QED) is 0.202. The Labute approximate surface area is 196 Å². The van der Waals surface area contributed by atoms with Gasteiger partial charge in [0.05, 0.1) is 12.7 Å². The molecule has 10 heteroatoms. The van der Waals surface area contributed by atoms with Gasteiger partial charge in [0.2, 0.25) is 5.89 Å². The van der Waals surface area contributed by atoms with Crippen LogP contribution in [0.4, 0.5) is 0 Å². The van der Waals surface area contributed by atoms with Gasteiger partial charge in [-0.05, 0) is 60.3 Å². The zero-order valence-corrected chi connectivity index (χ0v) is 18.6. The molecule has 4 aromatic rings. The highest BCUT2D eigenvalue weighted by atomic mass is 35.5. The number of esters is 1. The van der Waals surface area contributed by atoms with Crippen molar-refractivity contribution in [1.82, 2.24) is 10.2 Å². The lowest BCUT2D eigenvalue weighted by atomic mass is 10.1. The number of hydrogen-bond donors (Lipinski definition) is 1. The third-order valence-corrected chi connectivity index (χ3v) is 5.50. The predicted molar refractivity (Wildman–Crippen MR) is 122 cm³/mol. The molecule has 0 aliphatic rings. The van der Waals surface area contributed by atoms with Crippen LogP contribution in [0.3, 0.4) is 0 Å². The second-order valence-electron chi connectivity index (χ2n) is 6.57. The van der Waals surface area contributed by atoms with Crippen molar-refractivity contribution in [1.29, 1.82) is 0 Å². The Balaban J connectivity index is 1.52. The number of methoxy groups -OCH3 is 1. The van der Waals surface area contributed by atoms with Crippen molar-refractivity contribution in [3.63, 3.8) is 0 Å². The van der Waals surface area contributed by atoms with E-state index in [1.807, 2.05) is 0 Å². The molecule has 1 N–H and O–H groups in total. The lowest BCUT2D eigenvalue weighted by molar-refractivity contribution is -0.131. The first-order valence-corrected chi connectivity index (χ1v) is 10.6. The fraction of sp³-hybridized carbons (Fsp3) is 0.0435. The van der Waals surface area contributed by atoms with Gasteiger partial charge in [-0.2, -0.15) is 0 Å². The van der Waals surface area contributed by atoms with E-state index in [2.05, 4.69) is 14.9 Å². The highest BCUT2D eigenvalue weighted by molar-refractivity contribution is 8.03. The Hall–Kier alpha value is -3.82. The lowest BCUT2D eigenvalue weighted by Gasteiger charge is -2.01. The van der Waals surface area contributed by atoms with Gasteiger partial charge in [0, 0.05) is 22.2 Å². The molecule has 0 unspecified atom stereocenters. The van der Waals surface area contributed by atoms with Crippen LogP contribution in [-0.2, 0) is 9.53 Å². The number of carboxylic acid groups (broad SMARTS) is 1. The average Bonchev–Trinajstić information content (AvgIpc) is 3.49. The molecule has 0 radical (unpaired) electrons. The molecule has 0 spiro atoms. The summed E-state index contributed by atoms with van der Waals surface area (Å²) < 4.78 is 16.0. The second-order valence-corrected chi connectivity index (χ2v) is 8.00. The molecule has 4 rings (SSSR count). The molecule has 0 atom stereocenters. The topological polar surface area (TPSA) is 116 Å². The Morgan fingerprint density at radius 1 is 0.970 bits per heavy atom. The first-order valence-electron chi connectivity index (χ1n) is 9.44. The standard InChI is InChI=1S/C23H15ClN2O6S/c1-30-22(29)15-4-2-13(3-5-15)18-11-10-17(31-18)12-19(21(27)28)33-23-26-25-20(32-23)14-6-8-16(24)9-7-14/h2-12H,1H3,(H,27,28)/b19-12-. The maximum absolute atomic E-state index is 11.7. The van der Waals surface area contributed by atoms with Gasteiger partial charge >= 0.3 is 11.9 Å². The van der Waals surface area contributed by atoms with E-state index in [1.54, 1.807) is 60.7 Å². The number of furan rings is 1. The van der Waals surface area contributed by atoms with E-state index in [0.29, 0.717) is 27.7 Å². The molecule has 33 heavy (non-hydrogen) atoms. The third kappa shape index (κ3) is 5.33. The maximum atomic E-state index is 11.7. The summed E-state index contributed by atoms with van der Waals surface area (Å²) in [6.45, 7) is 0. The summed E-state index contributed by atoms with van der Waals surface area (Å²) in [4.78, 5) is 23.2. The van der Waals surface area contributed by atoms with Crippen molar-refractivity contribution in [2.45, 2.75) is 5.22 Å². The highest BCUT2D eigenvalue weighted by Crippen LogP contribution is 2.31. The minimum absolute atomic E-state index is 0.0664. The van der Waals surface area contributed by atoms with Gasteiger partial charge < -0.3 is 18.7 Å². The van der Waals surface area contributed by atoms with Gasteiger partial charge in [0.1, 0.15) is 16.4 Å². The number of carbonyl (C=O) groups is 2. The van der Waals surface area contributed by atoms with Crippen LogP contribution in [0.25, 0.3) is 28.9 Å². The Morgan fingerprint density at radius 3 is 2.33 bits per heavy atom. The van der Waals surface area contributed by atoms with E-state index in [9.17, 15) is 14.7 Å². The number of carbonyl (C=O) groups excluding carboxylic acids is 1. The van der Waals surface area contributed by atoms with E-state index in [4.69, 9.17) is 20.4 Å². The van der Waals surface area contributed by atoms with E-state index in [0.717, 1.165) is 17.3 Å². The summed E-state index contributed by atoms with van der Waals surface area (Å²) >= 11 is 6.69. The van der Waals surface area contributed by atoms with Crippen molar-refractivity contribution >= 4 is 41.4 Å². The Kier molecular flexibility index (Phi) is 6.62. The number of rotatable bonds is 7. The van der Waals surface area contributed by atoms with Crippen LogP contribution >= 0.6 is 23.4 Å². The van der Waals surface area contributed by atoms with Crippen LogP contribution in [0.1, 0.15) is 16.1 Å². The van der Waals surface area contributed by atoms with E-state index >= 15 is 0 Å². The van der Waals surface area contributed by atoms with Gasteiger partial charge in [-0.25, -0.2) is 9.59 Å². The van der Waals surface area contributed by atoms with Crippen LogP contribution in [0.15, 0.2) is 79.6 Å². The van der Waals surface area contributed by atoms with Crippen LogP contribution in [0, 0.1) is 0 Å². The number of carboxylic acids is 1. The monoisotopic (exact) mass is 482 g/mol. The molecule has 2 aromatic carbocycles. The fourth-order valence-corrected chi connectivity index (χ4v) is 3.57. The van der Waals surface area contributed by atoms with Gasteiger partial charge in [0.15, 0.2) is 0 Å². The molecule has 0 saturated heterocycles. The maximum Gasteiger partial charge on any atom is 0.342 e. The van der Waals surface area contributed by atoms with E-state index < -0.39 is 11.9 Å². The number of thioether (sulfide) groups is 1. The molecule has 0 aliphatic carbocycles. The molecule has 0 bridgehead atoms. The minimum Gasteiger partial charge on any atom is -0.477 e. The molecule has 0 saturated carbocycles. The molecule has 166 valence electrons. The number of ether oxygens (including phenoxy) is 1. The number of benzene rings is 2. The van der Waals surface area contributed by atoms with Gasteiger partial charge in [-0.1, -0.05) is 23.7 Å². The van der Waals surface area contributed by atoms with Crippen molar-refractivity contribution in [3.8, 4) is 22.8 Å².